The Morgan fingerprint density at radius 2 is 2.00 bits per heavy atom. The van der Waals surface area contributed by atoms with Crippen LogP contribution in [0.15, 0.2) is 48.0 Å². The molecule has 0 fully saturated rings. The molecule has 0 unspecified atom stereocenters. The summed E-state index contributed by atoms with van der Waals surface area (Å²) < 4.78 is 9.06. The van der Waals surface area contributed by atoms with Crippen molar-refractivity contribution in [2.24, 2.45) is 0 Å². The molecule has 0 aliphatic carbocycles. The average molecular weight is 318 g/mol. The zero-order chi connectivity index (χ0) is 14.7. The van der Waals surface area contributed by atoms with Crippen LogP contribution in [0.25, 0.3) is 11.3 Å². The monoisotopic (exact) mass is 317 g/mol. The highest BCUT2D eigenvalue weighted by Crippen LogP contribution is 2.22. The molecule has 0 amide bonds. The molecule has 0 saturated carbocycles. The third-order valence-corrected chi connectivity index (χ3v) is 3.51. The second-order valence-corrected chi connectivity index (χ2v) is 5.01. The Balaban J connectivity index is 1.77. The summed E-state index contributed by atoms with van der Waals surface area (Å²) in [6.45, 7) is 0. The summed E-state index contributed by atoms with van der Waals surface area (Å²) in [7, 11) is 0. The number of esters is 1. The van der Waals surface area contributed by atoms with Gasteiger partial charge in [0.2, 0.25) is 0 Å². The van der Waals surface area contributed by atoms with Gasteiger partial charge >= 0.3 is 5.97 Å². The maximum atomic E-state index is 12.0. The minimum Gasteiger partial charge on any atom is -0.423 e. The average Bonchev–Trinajstić information content (AvgIpc) is 3.02. The van der Waals surface area contributed by atoms with Crippen molar-refractivity contribution < 1.29 is 9.53 Å². The van der Waals surface area contributed by atoms with E-state index in [0.29, 0.717) is 5.75 Å². The summed E-state index contributed by atoms with van der Waals surface area (Å²) in [5.41, 5.74) is 1.92. The summed E-state index contributed by atoms with van der Waals surface area (Å²) in [6, 6.07) is 10.2. The van der Waals surface area contributed by atoms with Crippen LogP contribution in [0.2, 0.25) is 5.15 Å². The molecule has 7 heteroatoms. The quantitative estimate of drug-likeness (QED) is 0.420. The van der Waals surface area contributed by atoms with Crippen LogP contribution in [0.4, 0.5) is 0 Å². The number of pyridine rings is 1. The molecule has 0 aliphatic rings. The van der Waals surface area contributed by atoms with E-state index in [-0.39, 0.29) is 10.7 Å². The molecule has 2 aromatic heterocycles. The van der Waals surface area contributed by atoms with Crippen LogP contribution >= 0.6 is 23.1 Å². The van der Waals surface area contributed by atoms with Crippen molar-refractivity contribution >= 4 is 29.1 Å². The Kier molecular flexibility index (Phi) is 3.89. The molecule has 3 aromatic rings. The van der Waals surface area contributed by atoms with Crippen LogP contribution in [0.3, 0.4) is 0 Å². The lowest BCUT2D eigenvalue weighted by Crippen LogP contribution is -2.09. The van der Waals surface area contributed by atoms with E-state index < -0.39 is 5.97 Å². The zero-order valence-electron chi connectivity index (χ0n) is 10.6. The number of carbonyl (C=O) groups is 1. The number of ether oxygens (including phenoxy) is 1. The lowest BCUT2D eigenvalue weighted by Gasteiger charge is -2.05. The lowest BCUT2D eigenvalue weighted by molar-refractivity contribution is 0.0734. The van der Waals surface area contributed by atoms with Crippen LogP contribution in [0, 0.1) is 0 Å². The topological polar surface area (TPSA) is 65.0 Å². The fraction of sp³-hybridized carbons (Fsp3) is 0. The Morgan fingerprint density at radius 3 is 2.67 bits per heavy atom. The maximum absolute atomic E-state index is 12.0. The first-order valence-corrected chi connectivity index (χ1v) is 7.15. The van der Waals surface area contributed by atoms with Gasteiger partial charge in [0, 0.05) is 17.1 Å². The highest BCUT2D eigenvalue weighted by Gasteiger charge is 2.13. The van der Waals surface area contributed by atoms with Crippen molar-refractivity contribution in [2.45, 2.75) is 0 Å². The van der Waals surface area contributed by atoms with E-state index in [0.717, 1.165) is 11.3 Å². The predicted molar refractivity (Wildman–Crippen MR) is 79.6 cm³/mol. The number of halogens is 1. The van der Waals surface area contributed by atoms with Crippen LogP contribution in [0.1, 0.15) is 10.4 Å². The van der Waals surface area contributed by atoms with E-state index >= 15 is 0 Å². The van der Waals surface area contributed by atoms with Gasteiger partial charge in [0.05, 0.1) is 5.56 Å². The number of carbonyl (C=O) groups excluding carboxylic acids is 1. The maximum Gasteiger partial charge on any atom is 0.346 e. The van der Waals surface area contributed by atoms with Gasteiger partial charge in [-0.1, -0.05) is 16.1 Å². The van der Waals surface area contributed by atoms with Crippen LogP contribution < -0.4 is 4.74 Å². The Labute approximate surface area is 129 Å². The molecular weight excluding hydrogens is 310 g/mol. The number of hydrogen-bond acceptors (Lipinski definition) is 6. The zero-order valence-corrected chi connectivity index (χ0v) is 12.1. The fourth-order valence-electron chi connectivity index (χ4n) is 1.68. The van der Waals surface area contributed by atoms with E-state index in [9.17, 15) is 4.79 Å². The highest BCUT2D eigenvalue weighted by atomic mass is 35.5. The van der Waals surface area contributed by atoms with Gasteiger partial charge in [-0.05, 0) is 47.9 Å². The largest absolute Gasteiger partial charge is 0.423 e. The van der Waals surface area contributed by atoms with Crippen LogP contribution in [-0.2, 0) is 0 Å². The van der Waals surface area contributed by atoms with Crippen molar-refractivity contribution in [3.8, 4) is 17.0 Å². The third-order valence-electron chi connectivity index (χ3n) is 2.70. The molecular formula is C14H8ClN3O2S. The number of hydrogen-bond donors (Lipinski definition) is 0. The van der Waals surface area contributed by atoms with E-state index in [1.54, 1.807) is 24.3 Å². The summed E-state index contributed by atoms with van der Waals surface area (Å²) >= 11 is 7.13. The molecule has 21 heavy (non-hydrogen) atoms. The molecule has 0 bridgehead atoms. The van der Waals surface area contributed by atoms with Gasteiger partial charge < -0.3 is 4.74 Å². The minimum absolute atomic E-state index is 0.118. The number of aromatic nitrogens is 3. The third kappa shape index (κ3) is 3.07. The van der Waals surface area contributed by atoms with Gasteiger partial charge in [-0.3, -0.25) is 0 Å². The first kappa shape index (κ1) is 13.7. The number of benzene rings is 1. The normalized spacial score (nSPS) is 10.3. The van der Waals surface area contributed by atoms with Crippen LogP contribution in [-0.4, -0.2) is 20.5 Å². The van der Waals surface area contributed by atoms with Crippen molar-refractivity contribution in [1.29, 1.82) is 0 Å². The minimum atomic E-state index is -0.545. The first-order chi connectivity index (χ1) is 10.2. The van der Waals surface area contributed by atoms with Gasteiger partial charge in [-0.2, -0.15) is 0 Å². The summed E-state index contributed by atoms with van der Waals surface area (Å²) in [6.07, 6.45) is 1.51. The van der Waals surface area contributed by atoms with Gasteiger partial charge in [0.25, 0.3) is 0 Å². The smallest absolute Gasteiger partial charge is 0.346 e. The molecule has 1 aromatic carbocycles. The van der Waals surface area contributed by atoms with E-state index in [1.807, 2.05) is 17.5 Å². The molecule has 0 saturated heterocycles. The van der Waals surface area contributed by atoms with E-state index in [4.69, 9.17) is 16.3 Å². The van der Waals surface area contributed by atoms with Gasteiger partial charge in [0.15, 0.2) is 0 Å². The second-order valence-electron chi connectivity index (χ2n) is 4.05. The summed E-state index contributed by atoms with van der Waals surface area (Å²) in [5, 5.41) is 5.93. The van der Waals surface area contributed by atoms with Gasteiger partial charge in [0.1, 0.15) is 16.6 Å². The molecule has 104 valence electrons. The predicted octanol–water partition coefficient (Wildman–Crippen LogP) is 3.47. The molecule has 0 N–H and O–H groups in total. The van der Waals surface area contributed by atoms with Crippen molar-refractivity contribution in [3.05, 3.63) is 58.7 Å². The van der Waals surface area contributed by atoms with E-state index in [1.165, 1.54) is 17.7 Å². The summed E-state index contributed by atoms with van der Waals surface area (Å²) in [5.74, 6) is -0.122. The van der Waals surface area contributed by atoms with Crippen molar-refractivity contribution in [3.63, 3.8) is 0 Å². The van der Waals surface area contributed by atoms with Crippen LogP contribution in [0.5, 0.6) is 5.75 Å². The number of rotatable bonds is 3. The summed E-state index contributed by atoms with van der Waals surface area (Å²) in [4.78, 5) is 15.8. The van der Waals surface area contributed by atoms with Crippen molar-refractivity contribution in [2.75, 3.05) is 0 Å². The van der Waals surface area contributed by atoms with Crippen molar-refractivity contribution in [1.82, 2.24) is 14.6 Å². The molecule has 0 aliphatic heterocycles. The van der Waals surface area contributed by atoms with Gasteiger partial charge in [-0.25, -0.2) is 9.78 Å². The van der Waals surface area contributed by atoms with E-state index in [2.05, 4.69) is 14.6 Å². The SMILES string of the molecule is O=C(Oc1ccc(-c2csnn2)cc1)c1cccnc1Cl. The Morgan fingerprint density at radius 1 is 1.19 bits per heavy atom. The molecule has 0 atom stereocenters. The molecule has 3 rings (SSSR count). The Bertz CT molecular complexity index is 760. The molecule has 0 radical (unpaired) electrons. The fourth-order valence-corrected chi connectivity index (χ4v) is 2.35. The highest BCUT2D eigenvalue weighted by molar-refractivity contribution is 7.03. The first-order valence-electron chi connectivity index (χ1n) is 5.94. The molecule has 0 spiro atoms. The molecule has 2 heterocycles. The van der Waals surface area contributed by atoms with Gasteiger partial charge in [-0.15, -0.1) is 5.10 Å². The second kappa shape index (κ2) is 5.99. The molecule has 5 nitrogen and oxygen atoms in total. The number of nitrogens with zero attached hydrogens (tertiary/aromatic N) is 3. The lowest BCUT2D eigenvalue weighted by atomic mass is 10.2. The Hall–Kier alpha value is -2.31. The standard InChI is InChI=1S/C14H8ClN3O2S/c15-13-11(2-1-7-16-13)14(19)20-10-5-3-9(4-6-10)12-8-21-18-17-12/h1-8H.